The van der Waals surface area contributed by atoms with E-state index in [1.807, 2.05) is 119 Å². The summed E-state index contributed by atoms with van der Waals surface area (Å²) in [6, 6.07) is 29.6. The van der Waals surface area contributed by atoms with Crippen LogP contribution in [0.5, 0.6) is 0 Å². The fraction of sp³-hybridized carbons (Fsp3) is 0.429. The fourth-order valence-electron chi connectivity index (χ4n) is 5.36. The zero-order valence-corrected chi connectivity index (χ0v) is 24.9. The van der Waals surface area contributed by atoms with Gasteiger partial charge in [-0.2, -0.15) is 0 Å². The van der Waals surface area contributed by atoms with Gasteiger partial charge in [0.05, 0.1) is 23.4 Å². The van der Waals surface area contributed by atoms with E-state index in [9.17, 15) is 14.7 Å². The molecule has 0 saturated heterocycles. The van der Waals surface area contributed by atoms with E-state index in [1.54, 1.807) is 20.8 Å². The Hall–Kier alpha value is -3.44. The number of carbonyl (C=O) groups is 2. The molecule has 5 heteroatoms. The van der Waals surface area contributed by atoms with Gasteiger partial charge in [-0.25, -0.2) is 0 Å². The van der Waals surface area contributed by atoms with Gasteiger partial charge < -0.3 is 14.6 Å². The Kier molecular flexibility index (Phi) is 9.96. The molecule has 0 radical (unpaired) electrons. The quantitative estimate of drug-likeness (QED) is 0.218. The molecule has 3 atom stereocenters. The van der Waals surface area contributed by atoms with Gasteiger partial charge in [0.1, 0.15) is 11.2 Å². The molecule has 3 rings (SSSR count). The van der Waals surface area contributed by atoms with Gasteiger partial charge in [0.2, 0.25) is 0 Å². The first-order chi connectivity index (χ1) is 18.8. The first kappa shape index (κ1) is 31.1. The standard InChI is InChI=1S/C35H44O5/c1-8-30(36)28(31(37)39-33(2,3)4)24-29(32(38)40-34(5,6)7)35(25-18-12-9-13-19-25,26-20-14-10-15-21-26)27-22-16-11-17-23-27/h9-23,28-30,36H,8,24H2,1-7H3/t28?,29-,30?/m1/s1. The van der Waals surface area contributed by atoms with Gasteiger partial charge in [-0.05, 0) is 71.1 Å². The Labute approximate surface area is 239 Å². The molecular weight excluding hydrogens is 500 g/mol. The number of hydrogen-bond acceptors (Lipinski definition) is 5. The van der Waals surface area contributed by atoms with Gasteiger partial charge in [-0.15, -0.1) is 0 Å². The van der Waals surface area contributed by atoms with Gasteiger partial charge in [0.15, 0.2) is 0 Å². The molecule has 0 aromatic heterocycles. The van der Waals surface area contributed by atoms with Gasteiger partial charge in [0.25, 0.3) is 0 Å². The minimum atomic E-state index is -1.03. The molecule has 0 saturated carbocycles. The van der Waals surface area contributed by atoms with Gasteiger partial charge in [0, 0.05) is 0 Å². The van der Waals surface area contributed by atoms with Crippen LogP contribution in [0.1, 0.15) is 78.0 Å². The van der Waals surface area contributed by atoms with Crippen molar-refractivity contribution in [1.82, 2.24) is 0 Å². The molecule has 3 aromatic rings. The number of aliphatic hydroxyl groups excluding tert-OH is 1. The molecule has 2 unspecified atom stereocenters. The molecule has 0 aliphatic carbocycles. The largest absolute Gasteiger partial charge is 0.460 e. The molecule has 0 fully saturated rings. The highest BCUT2D eigenvalue weighted by molar-refractivity contribution is 5.80. The molecule has 0 bridgehead atoms. The lowest BCUT2D eigenvalue weighted by molar-refractivity contribution is -0.169. The molecule has 0 aliphatic rings. The van der Waals surface area contributed by atoms with Crippen molar-refractivity contribution in [1.29, 1.82) is 0 Å². The summed E-state index contributed by atoms with van der Waals surface area (Å²) in [5.74, 6) is -2.80. The summed E-state index contributed by atoms with van der Waals surface area (Å²) in [4.78, 5) is 28.0. The molecule has 0 heterocycles. The van der Waals surface area contributed by atoms with Crippen LogP contribution in [0.2, 0.25) is 0 Å². The van der Waals surface area contributed by atoms with E-state index in [-0.39, 0.29) is 6.42 Å². The van der Waals surface area contributed by atoms with Crippen LogP contribution in [-0.4, -0.2) is 34.4 Å². The van der Waals surface area contributed by atoms with Crippen molar-refractivity contribution < 1.29 is 24.2 Å². The Morgan fingerprint density at radius 2 is 1.00 bits per heavy atom. The van der Waals surface area contributed by atoms with Crippen molar-refractivity contribution in [2.24, 2.45) is 11.8 Å². The van der Waals surface area contributed by atoms with Crippen LogP contribution in [0, 0.1) is 11.8 Å². The Morgan fingerprint density at radius 3 is 1.32 bits per heavy atom. The summed E-state index contributed by atoms with van der Waals surface area (Å²) < 4.78 is 11.9. The molecule has 214 valence electrons. The summed E-state index contributed by atoms with van der Waals surface area (Å²) in [5.41, 5.74) is 0.113. The number of aliphatic hydroxyl groups is 1. The van der Waals surface area contributed by atoms with Gasteiger partial charge >= 0.3 is 11.9 Å². The summed E-state index contributed by atoms with van der Waals surface area (Å²) >= 11 is 0. The highest BCUT2D eigenvalue weighted by atomic mass is 16.6. The third-order valence-corrected chi connectivity index (χ3v) is 6.98. The molecule has 0 aliphatic heterocycles. The van der Waals surface area contributed by atoms with E-state index >= 15 is 0 Å². The van der Waals surface area contributed by atoms with Crippen LogP contribution >= 0.6 is 0 Å². The number of rotatable bonds is 10. The van der Waals surface area contributed by atoms with E-state index in [4.69, 9.17) is 9.47 Å². The minimum Gasteiger partial charge on any atom is -0.460 e. The van der Waals surface area contributed by atoms with Gasteiger partial charge in [-0.1, -0.05) is 97.9 Å². The lowest BCUT2D eigenvalue weighted by Gasteiger charge is -2.43. The first-order valence-electron chi connectivity index (χ1n) is 14.1. The smallest absolute Gasteiger partial charge is 0.312 e. The number of carbonyl (C=O) groups excluding carboxylic acids is 2. The SMILES string of the molecule is CCC(O)C(C[C@H](C(=O)OC(C)(C)C)C(c1ccccc1)(c1ccccc1)c1ccccc1)C(=O)OC(C)(C)C. The molecular formula is C35H44O5. The Morgan fingerprint density at radius 1 is 0.650 bits per heavy atom. The first-order valence-corrected chi connectivity index (χ1v) is 14.1. The van der Waals surface area contributed by atoms with Crippen LogP contribution in [0.25, 0.3) is 0 Å². The second-order valence-electron chi connectivity index (χ2n) is 12.3. The van der Waals surface area contributed by atoms with Crippen molar-refractivity contribution >= 4 is 11.9 Å². The zero-order valence-electron chi connectivity index (χ0n) is 24.9. The molecule has 0 amide bonds. The zero-order chi connectivity index (χ0) is 29.6. The Bertz CT molecular complexity index is 1130. The maximum atomic E-state index is 14.4. The van der Waals surface area contributed by atoms with Crippen LogP contribution < -0.4 is 0 Å². The van der Waals surface area contributed by atoms with E-state index in [1.165, 1.54) is 0 Å². The summed E-state index contributed by atoms with van der Waals surface area (Å²) in [5, 5.41) is 11.2. The third kappa shape index (κ3) is 7.39. The maximum absolute atomic E-state index is 14.4. The van der Waals surface area contributed by atoms with Gasteiger partial charge in [-0.3, -0.25) is 9.59 Å². The van der Waals surface area contributed by atoms with Crippen LogP contribution in [0.4, 0.5) is 0 Å². The minimum absolute atomic E-state index is 0.0253. The number of hydrogen-bond donors (Lipinski definition) is 1. The van der Waals surface area contributed by atoms with E-state index in [2.05, 4.69) is 0 Å². The average molecular weight is 545 g/mol. The summed E-state index contributed by atoms with van der Waals surface area (Å²) in [6.07, 6.45) is -0.642. The highest BCUT2D eigenvalue weighted by Crippen LogP contribution is 2.49. The predicted octanol–water partition coefficient (Wildman–Crippen LogP) is 7.10. The molecule has 1 N–H and O–H groups in total. The van der Waals surface area contributed by atoms with Crippen molar-refractivity contribution in [2.45, 2.75) is 84.0 Å². The second kappa shape index (κ2) is 12.8. The molecule has 3 aromatic carbocycles. The van der Waals surface area contributed by atoms with E-state index < -0.39 is 46.5 Å². The van der Waals surface area contributed by atoms with Crippen LogP contribution in [0.15, 0.2) is 91.0 Å². The molecule has 40 heavy (non-hydrogen) atoms. The maximum Gasteiger partial charge on any atom is 0.312 e. The predicted molar refractivity (Wildman–Crippen MR) is 159 cm³/mol. The molecule has 5 nitrogen and oxygen atoms in total. The van der Waals surface area contributed by atoms with Crippen LogP contribution in [0.3, 0.4) is 0 Å². The van der Waals surface area contributed by atoms with Crippen LogP contribution in [-0.2, 0) is 24.5 Å². The van der Waals surface area contributed by atoms with Crippen molar-refractivity contribution in [3.05, 3.63) is 108 Å². The summed E-state index contributed by atoms with van der Waals surface area (Å²) in [7, 11) is 0. The lowest BCUT2D eigenvalue weighted by Crippen LogP contribution is -2.47. The highest BCUT2D eigenvalue weighted by Gasteiger charge is 2.51. The monoisotopic (exact) mass is 544 g/mol. The fourth-order valence-corrected chi connectivity index (χ4v) is 5.36. The number of benzene rings is 3. The van der Waals surface area contributed by atoms with E-state index in [0.717, 1.165) is 16.7 Å². The normalized spacial score (nSPS) is 14.6. The second-order valence-corrected chi connectivity index (χ2v) is 12.3. The number of esters is 2. The van der Waals surface area contributed by atoms with Crippen molar-refractivity contribution in [3.8, 4) is 0 Å². The lowest BCUT2D eigenvalue weighted by atomic mass is 9.59. The number of ether oxygens (including phenoxy) is 2. The molecule has 0 spiro atoms. The van der Waals surface area contributed by atoms with E-state index in [0.29, 0.717) is 6.42 Å². The van der Waals surface area contributed by atoms with Crippen molar-refractivity contribution in [2.75, 3.05) is 0 Å². The Balaban J connectivity index is 2.39. The summed E-state index contributed by atoms with van der Waals surface area (Å²) in [6.45, 7) is 12.7. The topological polar surface area (TPSA) is 72.8 Å². The van der Waals surface area contributed by atoms with Crippen molar-refractivity contribution in [3.63, 3.8) is 0 Å². The average Bonchev–Trinajstić information content (AvgIpc) is 2.90. The third-order valence-electron chi connectivity index (χ3n) is 6.98.